The summed E-state index contributed by atoms with van der Waals surface area (Å²) in [6.45, 7) is 6.04. The summed E-state index contributed by atoms with van der Waals surface area (Å²) in [5.41, 5.74) is 1.95. The second-order valence-electron chi connectivity index (χ2n) is 10.2. The summed E-state index contributed by atoms with van der Waals surface area (Å²) in [7, 11) is -2.36. The van der Waals surface area contributed by atoms with E-state index in [0.717, 1.165) is 18.4 Å². The molecule has 0 bridgehead atoms. The van der Waals surface area contributed by atoms with Crippen molar-refractivity contribution in [1.82, 2.24) is 9.62 Å². The van der Waals surface area contributed by atoms with Gasteiger partial charge in [0.25, 0.3) is 0 Å². The van der Waals surface area contributed by atoms with Crippen LogP contribution in [0.1, 0.15) is 63.1 Å². The summed E-state index contributed by atoms with van der Waals surface area (Å²) in [6, 6.07) is 11.9. The Labute approximate surface area is 220 Å². The largest absolute Gasteiger partial charge is 0.481 e. The van der Waals surface area contributed by atoms with E-state index >= 15 is 0 Å². The first-order valence-electron chi connectivity index (χ1n) is 12.8. The fourth-order valence-corrected chi connectivity index (χ4v) is 5.77. The van der Waals surface area contributed by atoms with E-state index < -0.39 is 22.1 Å². The third-order valence-corrected chi connectivity index (χ3v) is 8.46. The third kappa shape index (κ3) is 9.81. The minimum Gasteiger partial charge on any atom is -0.481 e. The minimum absolute atomic E-state index is 0.0653. The van der Waals surface area contributed by atoms with Crippen molar-refractivity contribution < 1.29 is 27.8 Å². The van der Waals surface area contributed by atoms with Gasteiger partial charge < -0.3 is 15.5 Å². The van der Waals surface area contributed by atoms with Gasteiger partial charge in [0.1, 0.15) is 5.82 Å². The fraction of sp³-hybridized carbons (Fsp3) is 0.536. The number of likely N-dealkylation sites (N-methyl/N-ethyl adjacent to an activating group) is 1. The topological polar surface area (TPSA) is 107 Å². The van der Waals surface area contributed by atoms with Gasteiger partial charge in [-0.3, -0.25) is 4.79 Å². The van der Waals surface area contributed by atoms with Gasteiger partial charge in [0.2, 0.25) is 10.0 Å². The van der Waals surface area contributed by atoms with E-state index in [0.29, 0.717) is 36.8 Å². The Morgan fingerprint density at radius 2 is 1.81 bits per heavy atom. The van der Waals surface area contributed by atoms with Gasteiger partial charge in [-0.25, -0.2) is 12.8 Å². The normalized spacial score (nSPS) is 13.2. The fourth-order valence-electron chi connectivity index (χ4n) is 4.29. The van der Waals surface area contributed by atoms with Gasteiger partial charge in [-0.15, -0.1) is 0 Å². The molecule has 0 aliphatic rings. The second kappa shape index (κ2) is 14.0. The number of nitrogens with zero attached hydrogens (tertiary/aromatic N) is 1. The van der Waals surface area contributed by atoms with Crippen LogP contribution in [0.3, 0.4) is 0 Å². The first-order chi connectivity index (χ1) is 17.4. The number of hydrogen-bond acceptors (Lipinski definition) is 5. The van der Waals surface area contributed by atoms with E-state index in [-0.39, 0.29) is 35.8 Å². The zero-order chi connectivity index (χ0) is 27.6. The molecule has 1 atom stereocenters. The first kappa shape index (κ1) is 30.9. The van der Waals surface area contributed by atoms with Crippen LogP contribution in [0.4, 0.5) is 4.39 Å². The molecule has 0 heterocycles. The molecule has 7 nitrogen and oxygen atoms in total. The molecular formula is C28H41FN2O5S. The number of benzene rings is 2. The zero-order valence-electron chi connectivity index (χ0n) is 22.3. The number of carboxylic acids is 1. The summed E-state index contributed by atoms with van der Waals surface area (Å²) in [5, 5.41) is 22.7. The summed E-state index contributed by atoms with van der Waals surface area (Å²) in [5.74, 6) is -1.05. The summed E-state index contributed by atoms with van der Waals surface area (Å²) < 4.78 is 41.5. The van der Waals surface area contributed by atoms with Gasteiger partial charge in [-0.2, -0.15) is 4.31 Å². The van der Waals surface area contributed by atoms with Crippen LogP contribution >= 0.6 is 0 Å². The van der Waals surface area contributed by atoms with Gasteiger partial charge in [-0.1, -0.05) is 37.3 Å². The van der Waals surface area contributed by atoms with Gasteiger partial charge in [0, 0.05) is 32.1 Å². The number of aliphatic hydroxyl groups excluding tert-OH is 1. The quantitative estimate of drug-likeness (QED) is 0.297. The van der Waals surface area contributed by atoms with E-state index in [1.807, 2.05) is 32.9 Å². The number of carbonyl (C=O) groups is 1. The number of carboxylic acid groups (broad SMARTS) is 1. The van der Waals surface area contributed by atoms with Gasteiger partial charge in [0.15, 0.2) is 0 Å². The van der Waals surface area contributed by atoms with Crippen LogP contribution in [-0.2, 0) is 34.1 Å². The number of aliphatic hydroxyl groups is 1. The maximum atomic E-state index is 13.8. The van der Waals surface area contributed by atoms with Crippen molar-refractivity contribution in [2.24, 2.45) is 0 Å². The van der Waals surface area contributed by atoms with Crippen molar-refractivity contribution >= 4 is 16.0 Å². The number of aliphatic carboxylic acids is 1. The lowest BCUT2D eigenvalue weighted by molar-refractivity contribution is -0.137. The van der Waals surface area contributed by atoms with Crippen molar-refractivity contribution in [3.05, 3.63) is 65.0 Å². The molecule has 0 radical (unpaired) electrons. The SMILES string of the molecule is CCc1cc(CCCC(=O)O)ccc1S(=O)(=O)N(C)C[C@H](O)CNC(C)(C)CCCc1ccccc1F. The standard InChI is InChI=1S/C28H41FN2O5S/c1-5-22-18-21(10-8-14-27(33)34)15-16-26(22)37(35,36)31(4)20-24(32)19-30-28(2,3)17-9-12-23-11-6-7-13-25(23)29/h6-7,11,13,15-16,18,24,30,32H,5,8-10,12,14,17,19-20H2,1-4H3,(H,33,34)/t24-/m1/s1. The number of hydrogen-bond donors (Lipinski definition) is 3. The zero-order valence-corrected chi connectivity index (χ0v) is 23.2. The molecule has 0 saturated carbocycles. The Bertz CT molecular complexity index is 1140. The average Bonchev–Trinajstić information content (AvgIpc) is 2.83. The molecule has 0 amide bonds. The highest BCUT2D eigenvalue weighted by molar-refractivity contribution is 7.89. The maximum absolute atomic E-state index is 13.8. The molecule has 206 valence electrons. The van der Waals surface area contributed by atoms with Crippen LogP contribution in [0.15, 0.2) is 47.4 Å². The van der Waals surface area contributed by atoms with Crippen LogP contribution in [0.5, 0.6) is 0 Å². The van der Waals surface area contributed by atoms with Crippen LogP contribution in [0, 0.1) is 5.82 Å². The molecule has 0 saturated heterocycles. The number of nitrogens with one attached hydrogen (secondary N) is 1. The lowest BCUT2D eigenvalue weighted by Gasteiger charge is -2.29. The maximum Gasteiger partial charge on any atom is 0.303 e. The van der Waals surface area contributed by atoms with Crippen LogP contribution < -0.4 is 5.32 Å². The highest BCUT2D eigenvalue weighted by Crippen LogP contribution is 2.23. The monoisotopic (exact) mass is 536 g/mol. The Morgan fingerprint density at radius 3 is 2.46 bits per heavy atom. The van der Waals surface area contributed by atoms with E-state index in [2.05, 4.69) is 5.32 Å². The van der Waals surface area contributed by atoms with E-state index in [9.17, 15) is 22.7 Å². The van der Waals surface area contributed by atoms with Gasteiger partial charge in [-0.05, 0) is 81.2 Å². The molecule has 0 fully saturated rings. The highest BCUT2D eigenvalue weighted by atomic mass is 32.2. The van der Waals surface area contributed by atoms with E-state index in [1.165, 1.54) is 17.4 Å². The summed E-state index contributed by atoms with van der Waals surface area (Å²) >= 11 is 0. The molecule has 0 unspecified atom stereocenters. The molecule has 0 spiro atoms. The van der Waals surface area contributed by atoms with Crippen LogP contribution in [0.25, 0.3) is 0 Å². The summed E-state index contributed by atoms with van der Waals surface area (Å²) in [6.07, 6.45) is 2.89. The number of sulfonamides is 1. The molecule has 0 aromatic heterocycles. The van der Waals surface area contributed by atoms with E-state index in [1.54, 1.807) is 24.3 Å². The van der Waals surface area contributed by atoms with E-state index in [4.69, 9.17) is 5.11 Å². The number of aryl methyl sites for hydroxylation is 3. The van der Waals surface area contributed by atoms with Gasteiger partial charge in [0.05, 0.1) is 11.0 Å². The first-order valence-corrected chi connectivity index (χ1v) is 14.3. The lowest BCUT2D eigenvalue weighted by atomic mass is 9.95. The lowest BCUT2D eigenvalue weighted by Crippen LogP contribution is -2.46. The minimum atomic E-state index is -3.81. The third-order valence-electron chi connectivity index (χ3n) is 6.54. The Morgan fingerprint density at radius 1 is 1.11 bits per heavy atom. The molecule has 3 N–H and O–H groups in total. The number of halogens is 1. The van der Waals surface area contributed by atoms with Crippen molar-refractivity contribution in [3.63, 3.8) is 0 Å². The molecule has 9 heteroatoms. The van der Waals surface area contributed by atoms with Crippen molar-refractivity contribution in [1.29, 1.82) is 0 Å². The molecule has 2 aromatic rings. The molecule has 0 aliphatic heterocycles. The molecular weight excluding hydrogens is 495 g/mol. The molecule has 2 aromatic carbocycles. The predicted molar refractivity (Wildman–Crippen MR) is 144 cm³/mol. The number of rotatable bonds is 16. The van der Waals surface area contributed by atoms with Crippen LogP contribution in [0.2, 0.25) is 0 Å². The van der Waals surface area contributed by atoms with Crippen molar-refractivity contribution in [3.8, 4) is 0 Å². The van der Waals surface area contributed by atoms with Crippen LogP contribution in [-0.4, -0.2) is 60.7 Å². The Balaban J connectivity index is 1.91. The molecule has 37 heavy (non-hydrogen) atoms. The second-order valence-corrected chi connectivity index (χ2v) is 12.2. The highest BCUT2D eigenvalue weighted by Gasteiger charge is 2.26. The average molecular weight is 537 g/mol. The Hall–Kier alpha value is -2.33. The van der Waals surface area contributed by atoms with Crippen molar-refractivity contribution in [2.45, 2.75) is 82.3 Å². The van der Waals surface area contributed by atoms with Crippen molar-refractivity contribution in [2.75, 3.05) is 20.1 Å². The van der Waals surface area contributed by atoms with Gasteiger partial charge >= 0.3 is 5.97 Å². The smallest absolute Gasteiger partial charge is 0.303 e. The molecule has 0 aliphatic carbocycles. The molecule has 2 rings (SSSR count). The number of β-amino-alcohol motifs (C(OH)–C–C–N with tert-alkyl or cyclic N) is 1. The Kier molecular flexibility index (Phi) is 11.7. The predicted octanol–water partition coefficient (Wildman–Crippen LogP) is 4.17. The summed E-state index contributed by atoms with van der Waals surface area (Å²) in [4.78, 5) is 11.0.